The van der Waals surface area contributed by atoms with Gasteiger partial charge in [0.15, 0.2) is 5.58 Å². The third kappa shape index (κ3) is 4.88. The quantitative estimate of drug-likeness (QED) is 0.767. The van der Waals surface area contributed by atoms with E-state index in [2.05, 4.69) is 32.7 Å². The number of para-hydroxylation sites is 1. The second-order valence-corrected chi connectivity index (χ2v) is 9.98. The molecule has 7 heteroatoms. The van der Waals surface area contributed by atoms with Crippen LogP contribution in [-0.2, 0) is 10.0 Å². The zero-order valence-corrected chi connectivity index (χ0v) is 17.3. The van der Waals surface area contributed by atoms with Crippen molar-refractivity contribution in [1.82, 2.24) is 9.62 Å². The standard InChI is InChI=1S/C21H31N3O3S/c25-28(26,17-18-5-2-1-3-6-18)22-10-11-23-12-14-24(15-13-23)20-8-4-7-19-9-16-27-21(19)20/h4,7-9,16,18,22H,1-3,5-6,10-15,17H2. The molecule has 0 unspecified atom stereocenters. The Labute approximate surface area is 167 Å². The first-order valence-corrected chi connectivity index (χ1v) is 12.2. The zero-order valence-electron chi connectivity index (χ0n) is 16.5. The number of benzene rings is 1. The van der Waals surface area contributed by atoms with Crippen LogP contribution < -0.4 is 9.62 Å². The second kappa shape index (κ2) is 8.84. The number of anilines is 1. The van der Waals surface area contributed by atoms with Crippen LogP contribution in [0.5, 0.6) is 0 Å². The van der Waals surface area contributed by atoms with Crippen molar-refractivity contribution in [2.24, 2.45) is 5.92 Å². The molecule has 2 aliphatic rings. The van der Waals surface area contributed by atoms with Gasteiger partial charge >= 0.3 is 0 Å². The minimum atomic E-state index is -3.15. The summed E-state index contributed by atoms with van der Waals surface area (Å²) in [6, 6.07) is 8.24. The van der Waals surface area contributed by atoms with Crippen LogP contribution >= 0.6 is 0 Å². The number of nitrogens with one attached hydrogen (secondary N) is 1. The highest BCUT2D eigenvalue weighted by molar-refractivity contribution is 7.89. The fourth-order valence-corrected chi connectivity index (χ4v) is 5.99. The average Bonchev–Trinajstić information content (AvgIpc) is 3.18. The summed E-state index contributed by atoms with van der Waals surface area (Å²) in [5.41, 5.74) is 2.10. The van der Waals surface area contributed by atoms with Crippen molar-refractivity contribution in [3.8, 4) is 0 Å². The molecule has 6 nitrogen and oxygen atoms in total. The van der Waals surface area contributed by atoms with E-state index in [9.17, 15) is 8.42 Å². The van der Waals surface area contributed by atoms with Gasteiger partial charge < -0.3 is 9.32 Å². The topological polar surface area (TPSA) is 65.8 Å². The average molecular weight is 406 g/mol. The van der Waals surface area contributed by atoms with Crippen LogP contribution in [0.4, 0.5) is 5.69 Å². The molecule has 0 radical (unpaired) electrons. The van der Waals surface area contributed by atoms with Crippen molar-refractivity contribution < 1.29 is 12.8 Å². The van der Waals surface area contributed by atoms with Gasteiger partial charge in [-0.05, 0) is 30.9 Å². The molecule has 1 saturated heterocycles. The number of rotatable bonds is 7. The maximum Gasteiger partial charge on any atom is 0.211 e. The van der Waals surface area contributed by atoms with Crippen LogP contribution in [-0.4, -0.2) is 58.3 Å². The second-order valence-electron chi connectivity index (χ2n) is 8.12. The maximum atomic E-state index is 12.3. The van der Waals surface area contributed by atoms with Crippen molar-refractivity contribution in [3.05, 3.63) is 30.5 Å². The van der Waals surface area contributed by atoms with Crippen LogP contribution in [0.15, 0.2) is 34.9 Å². The van der Waals surface area contributed by atoms with E-state index >= 15 is 0 Å². The van der Waals surface area contributed by atoms with E-state index in [1.54, 1.807) is 6.26 Å². The highest BCUT2D eigenvalue weighted by Crippen LogP contribution is 2.28. The van der Waals surface area contributed by atoms with Gasteiger partial charge in [0.05, 0.1) is 17.7 Å². The lowest BCUT2D eigenvalue weighted by atomic mass is 9.91. The number of hydrogen-bond acceptors (Lipinski definition) is 5. The third-order valence-electron chi connectivity index (χ3n) is 6.10. The molecule has 0 bridgehead atoms. The van der Waals surface area contributed by atoms with Gasteiger partial charge in [0.2, 0.25) is 10.0 Å². The minimum Gasteiger partial charge on any atom is -0.462 e. The molecule has 4 rings (SSSR count). The molecule has 28 heavy (non-hydrogen) atoms. The van der Waals surface area contributed by atoms with Crippen LogP contribution in [0.2, 0.25) is 0 Å². The molecule has 1 N–H and O–H groups in total. The fourth-order valence-electron chi connectivity index (χ4n) is 4.52. The predicted molar refractivity (Wildman–Crippen MR) is 113 cm³/mol. The molecule has 2 fully saturated rings. The van der Waals surface area contributed by atoms with E-state index in [0.717, 1.165) is 62.2 Å². The number of piperazine rings is 1. The fraction of sp³-hybridized carbons (Fsp3) is 0.619. The Kier molecular flexibility index (Phi) is 6.23. The molecule has 1 aliphatic heterocycles. The van der Waals surface area contributed by atoms with Gasteiger partial charge in [0.25, 0.3) is 0 Å². The molecule has 0 atom stereocenters. The summed E-state index contributed by atoms with van der Waals surface area (Å²) < 4.78 is 33.1. The molecule has 1 saturated carbocycles. The van der Waals surface area contributed by atoms with Crippen LogP contribution in [0.1, 0.15) is 32.1 Å². The molecule has 0 spiro atoms. The number of nitrogens with zero attached hydrogens (tertiary/aromatic N) is 2. The van der Waals surface area contributed by atoms with Crippen LogP contribution in [0.3, 0.4) is 0 Å². The monoisotopic (exact) mass is 405 g/mol. The summed E-state index contributed by atoms with van der Waals surface area (Å²) in [6.45, 7) is 4.98. The zero-order chi connectivity index (χ0) is 19.4. The molecule has 2 heterocycles. The van der Waals surface area contributed by atoms with E-state index in [4.69, 9.17) is 4.42 Å². The first-order valence-electron chi connectivity index (χ1n) is 10.5. The van der Waals surface area contributed by atoms with Gasteiger partial charge in [-0.15, -0.1) is 0 Å². The van der Waals surface area contributed by atoms with Gasteiger partial charge in [0, 0.05) is 44.7 Å². The lowest BCUT2D eigenvalue weighted by Gasteiger charge is -2.36. The normalized spacial score (nSPS) is 20.1. The Morgan fingerprint density at radius 2 is 1.82 bits per heavy atom. The third-order valence-corrected chi connectivity index (χ3v) is 7.66. The van der Waals surface area contributed by atoms with Crippen molar-refractivity contribution in [2.75, 3.05) is 49.9 Å². The SMILES string of the molecule is O=S(=O)(CC1CCCCC1)NCCN1CCN(c2cccc3ccoc23)CC1. The Bertz CT molecular complexity index is 866. The lowest BCUT2D eigenvalue weighted by molar-refractivity contribution is 0.262. The Balaban J connectivity index is 1.22. The van der Waals surface area contributed by atoms with E-state index in [1.165, 1.54) is 19.3 Å². The summed E-state index contributed by atoms with van der Waals surface area (Å²) in [4.78, 5) is 4.69. The highest BCUT2D eigenvalue weighted by atomic mass is 32.2. The van der Waals surface area contributed by atoms with Crippen molar-refractivity contribution in [2.45, 2.75) is 32.1 Å². The lowest BCUT2D eigenvalue weighted by Crippen LogP contribution is -2.48. The molecular weight excluding hydrogens is 374 g/mol. The number of fused-ring (bicyclic) bond motifs is 1. The van der Waals surface area contributed by atoms with Crippen molar-refractivity contribution >= 4 is 26.7 Å². The molecule has 2 aromatic rings. The summed E-state index contributed by atoms with van der Waals surface area (Å²) in [5.74, 6) is 0.646. The van der Waals surface area contributed by atoms with Crippen LogP contribution in [0, 0.1) is 5.92 Å². The summed E-state index contributed by atoms with van der Waals surface area (Å²) in [6.07, 6.45) is 7.47. The molecule has 1 aromatic carbocycles. The van der Waals surface area contributed by atoms with E-state index in [0.29, 0.717) is 18.2 Å². The van der Waals surface area contributed by atoms with Crippen molar-refractivity contribution in [1.29, 1.82) is 0 Å². The molecule has 1 aliphatic carbocycles. The van der Waals surface area contributed by atoms with E-state index in [1.807, 2.05) is 6.07 Å². The summed E-state index contributed by atoms with van der Waals surface area (Å²) in [5, 5.41) is 1.13. The minimum absolute atomic E-state index is 0.300. The molecular formula is C21H31N3O3S. The van der Waals surface area contributed by atoms with Gasteiger partial charge in [-0.2, -0.15) is 0 Å². The molecule has 0 amide bonds. The van der Waals surface area contributed by atoms with E-state index in [-0.39, 0.29) is 0 Å². The van der Waals surface area contributed by atoms with Gasteiger partial charge in [-0.25, -0.2) is 13.1 Å². The Morgan fingerprint density at radius 3 is 2.61 bits per heavy atom. The number of sulfonamides is 1. The molecule has 1 aromatic heterocycles. The molecule has 154 valence electrons. The van der Waals surface area contributed by atoms with Gasteiger partial charge in [-0.3, -0.25) is 4.90 Å². The first kappa shape index (κ1) is 19.7. The first-order chi connectivity index (χ1) is 13.6. The summed E-state index contributed by atoms with van der Waals surface area (Å²) in [7, 11) is -3.15. The van der Waals surface area contributed by atoms with Crippen molar-refractivity contribution in [3.63, 3.8) is 0 Å². The Hall–Kier alpha value is -1.57. The Morgan fingerprint density at radius 1 is 1.04 bits per heavy atom. The van der Waals surface area contributed by atoms with Crippen LogP contribution in [0.25, 0.3) is 11.0 Å². The summed E-state index contributed by atoms with van der Waals surface area (Å²) >= 11 is 0. The van der Waals surface area contributed by atoms with E-state index < -0.39 is 10.0 Å². The van der Waals surface area contributed by atoms with Gasteiger partial charge in [0.1, 0.15) is 0 Å². The number of hydrogen-bond donors (Lipinski definition) is 1. The number of furan rings is 1. The maximum absolute atomic E-state index is 12.3. The predicted octanol–water partition coefficient (Wildman–Crippen LogP) is 3.05. The smallest absolute Gasteiger partial charge is 0.211 e. The largest absolute Gasteiger partial charge is 0.462 e. The highest BCUT2D eigenvalue weighted by Gasteiger charge is 2.22. The van der Waals surface area contributed by atoms with Gasteiger partial charge in [-0.1, -0.05) is 31.4 Å².